The lowest BCUT2D eigenvalue weighted by atomic mass is 10.1. The van der Waals surface area contributed by atoms with Gasteiger partial charge < -0.3 is 4.98 Å². The molecule has 1 aromatic heterocycles. The zero-order chi connectivity index (χ0) is 11.9. The van der Waals surface area contributed by atoms with Crippen LogP contribution >= 0.6 is 0 Å². The molecule has 0 aliphatic carbocycles. The fourth-order valence-electron chi connectivity index (χ4n) is 2.06. The fraction of sp³-hybridized carbons (Fsp3) is 0.308. The van der Waals surface area contributed by atoms with Gasteiger partial charge in [-0.1, -0.05) is 0 Å². The highest BCUT2D eigenvalue weighted by Gasteiger charge is 2.21. The molecule has 0 aromatic carbocycles. The topological polar surface area (TPSA) is 18.8 Å². The van der Waals surface area contributed by atoms with Gasteiger partial charge in [-0.15, -0.1) is 0 Å². The van der Waals surface area contributed by atoms with E-state index in [0.717, 1.165) is 17.1 Å². The van der Waals surface area contributed by atoms with Crippen molar-refractivity contribution in [3.05, 3.63) is 40.4 Å². The van der Waals surface area contributed by atoms with E-state index in [9.17, 15) is 0 Å². The van der Waals surface area contributed by atoms with E-state index in [1.807, 2.05) is 6.92 Å². The Hall–Kier alpha value is -1.51. The SMILES string of the molecule is [B][N+]1=C(C)C=C(C)/C1=C/c1[nH]c(C)cc1C. The summed E-state index contributed by atoms with van der Waals surface area (Å²) in [5.74, 6) is 0. The average molecular weight is 211 g/mol. The molecule has 3 heteroatoms. The van der Waals surface area contributed by atoms with Crippen LogP contribution < -0.4 is 0 Å². The second-order valence-corrected chi connectivity index (χ2v) is 4.42. The minimum absolute atomic E-state index is 1.06. The monoisotopic (exact) mass is 211 g/mol. The first-order valence-corrected chi connectivity index (χ1v) is 5.44. The maximum atomic E-state index is 5.98. The molecule has 0 saturated carbocycles. The predicted octanol–water partition coefficient (Wildman–Crippen LogP) is 2.49. The highest BCUT2D eigenvalue weighted by atomic mass is 14.9. The van der Waals surface area contributed by atoms with Crippen molar-refractivity contribution in [1.82, 2.24) is 4.98 Å². The highest BCUT2D eigenvalue weighted by molar-refractivity contribution is 6.06. The van der Waals surface area contributed by atoms with Crippen LogP contribution in [0.3, 0.4) is 0 Å². The Balaban J connectivity index is 2.47. The van der Waals surface area contributed by atoms with E-state index in [4.69, 9.17) is 7.98 Å². The lowest BCUT2D eigenvalue weighted by Crippen LogP contribution is -2.08. The highest BCUT2D eigenvalue weighted by Crippen LogP contribution is 2.21. The molecule has 2 radical (unpaired) electrons. The van der Waals surface area contributed by atoms with Crippen LogP contribution in [0, 0.1) is 13.8 Å². The lowest BCUT2D eigenvalue weighted by molar-refractivity contribution is -0.301. The fourth-order valence-corrected chi connectivity index (χ4v) is 2.06. The van der Waals surface area contributed by atoms with E-state index in [0.29, 0.717) is 0 Å². The summed E-state index contributed by atoms with van der Waals surface area (Å²) in [6.07, 6.45) is 4.20. The molecule has 2 heterocycles. The Bertz CT molecular complexity index is 530. The Morgan fingerprint density at radius 1 is 1.25 bits per heavy atom. The quantitative estimate of drug-likeness (QED) is 0.688. The predicted molar refractivity (Wildman–Crippen MR) is 68.7 cm³/mol. The molecule has 1 N–H and O–H groups in total. The number of allylic oxidation sites excluding steroid dienone is 2. The summed E-state index contributed by atoms with van der Waals surface area (Å²) < 4.78 is 1.73. The lowest BCUT2D eigenvalue weighted by Gasteiger charge is -1.98. The van der Waals surface area contributed by atoms with Crippen molar-refractivity contribution in [2.75, 3.05) is 0 Å². The van der Waals surface area contributed by atoms with Gasteiger partial charge >= 0.3 is 7.98 Å². The summed E-state index contributed by atoms with van der Waals surface area (Å²) in [6.45, 7) is 8.25. The smallest absolute Gasteiger partial charge is 0.359 e. The summed E-state index contributed by atoms with van der Waals surface area (Å²) in [5, 5.41) is 0. The molecule has 1 aromatic rings. The largest absolute Gasteiger partial charge is 0.587 e. The Morgan fingerprint density at radius 3 is 2.38 bits per heavy atom. The van der Waals surface area contributed by atoms with Crippen molar-refractivity contribution >= 4 is 19.8 Å². The zero-order valence-electron chi connectivity index (χ0n) is 10.3. The van der Waals surface area contributed by atoms with Crippen molar-refractivity contribution in [3.63, 3.8) is 0 Å². The molecule has 2 rings (SSSR count). The molecule has 16 heavy (non-hydrogen) atoms. The van der Waals surface area contributed by atoms with E-state index in [2.05, 4.69) is 44.0 Å². The number of hydrogen-bond acceptors (Lipinski definition) is 0. The molecule has 0 amide bonds. The van der Waals surface area contributed by atoms with Gasteiger partial charge in [0.25, 0.3) is 0 Å². The van der Waals surface area contributed by atoms with E-state index < -0.39 is 0 Å². The van der Waals surface area contributed by atoms with Crippen LogP contribution in [0.4, 0.5) is 0 Å². The van der Waals surface area contributed by atoms with Crippen molar-refractivity contribution in [2.45, 2.75) is 27.7 Å². The number of H-pyrrole nitrogens is 1. The van der Waals surface area contributed by atoms with Gasteiger partial charge in [-0.25, -0.2) is 0 Å². The summed E-state index contributed by atoms with van der Waals surface area (Å²) in [4.78, 5) is 3.33. The van der Waals surface area contributed by atoms with Gasteiger partial charge in [0, 0.05) is 36.0 Å². The van der Waals surface area contributed by atoms with Gasteiger partial charge in [-0.05, 0) is 32.4 Å². The molecule has 1 aliphatic rings. The summed E-state index contributed by atoms with van der Waals surface area (Å²) in [6, 6.07) is 2.14. The molecule has 0 atom stereocenters. The van der Waals surface area contributed by atoms with Crippen LogP contribution in [0.15, 0.2) is 23.4 Å². The Morgan fingerprint density at radius 2 is 1.94 bits per heavy atom. The average Bonchev–Trinajstić information content (AvgIpc) is 2.62. The minimum Gasteiger partial charge on any atom is -0.359 e. The third-order valence-corrected chi connectivity index (χ3v) is 2.94. The van der Waals surface area contributed by atoms with Crippen LogP contribution in [0.25, 0.3) is 6.08 Å². The molecule has 0 spiro atoms. The van der Waals surface area contributed by atoms with Crippen LogP contribution in [0.5, 0.6) is 0 Å². The first-order valence-electron chi connectivity index (χ1n) is 5.44. The van der Waals surface area contributed by atoms with Gasteiger partial charge in [0.05, 0.1) is 0 Å². The van der Waals surface area contributed by atoms with Crippen LogP contribution in [0.2, 0.25) is 0 Å². The molecular formula is C13H16BN2+. The van der Waals surface area contributed by atoms with E-state index >= 15 is 0 Å². The normalized spacial score (nSPS) is 18.5. The second kappa shape index (κ2) is 3.82. The van der Waals surface area contributed by atoms with E-state index in [1.54, 1.807) is 4.49 Å². The molecule has 0 fully saturated rings. The minimum atomic E-state index is 1.06. The molecule has 0 saturated heterocycles. The van der Waals surface area contributed by atoms with Gasteiger partial charge in [0.1, 0.15) is 0 Å². The molecule has 2 nitrogen and oxygen atoms in total. The number of aryl methyl sites for hydroxylation is 2. The van der Waals surface area contributed by atoms with Crippen molar-refractivity contribution < 1.29 is 4.49 Å². The summed E-state index contributed by atoms with van der Waals surface area (Å²) in [5.41, 5.74) is 6.88. The van der Waals surface area contributed by atoms with Gasteiger partial charge in [-0.2, -0.15) is 0 Å². The van der Waals surface area contributed by atoms with Crippen LogP contribution in [-0.2, 0) is 0 Å². The first-order chi connectivity index (χ1) is 7.49. The summed E-state index contributed by atoms with van der Waals surface area (Å²) in [7, 11) is 5.98. The maximum absolute atomic E-state index is 5.98. The summed E-state index contributed by atoms with van der Waals surface area (Å²) >= 11 is 0. The molecule has 80 valence electrons. The third kappa shape index (κ3) is 1.78. The third-order valence-electron chi connectivity index (χ3n) is 2.94. The van der Waals surface area contributed by atoms with Crippen molar-refractivity contribution in [3.8, 4) is 0 Å². The number of rotatable bonds is 1. The van der Waals surface area contributed by atoms with Gasteiger partial charge in [0.15, 0.2) is 11.4 Å². The Kier molecular flexibility index (Phi) is 2.62. The molecule has 1 aliphatic heterocycles. The Labute approximate surface area is 97.8 Å². The molecular weight excluding hydrogens is 195 g/mol. The van der Waals surface area contributed by atoms with Crippen molar-refractivity contribution in [2.24, 2.45) is 0 Å². The number of nitrogens with one attached hydrogen (secondary N) is 1. The maximum Gasteiger partial charge on any atom is 0.587 e. The molecule has 0 unspecified atom stereocenters. The molecule has 0 bridgehead atoms. The van der Waals surface area contributed by atoms with Gasteiger partial charge in [-0.3, -0.25) is 4.49 Å². The van der Waals surface area contributed by atoms with Crippen LogP contribution in [0.1, 0.15) is 30.8 Å². The number of aromatic nitrogens is 1. The number of hydrogen-bond donors (Lipinski definition) is 1. The standard InChI is InChI=1S/C13H16BN2/c1-8-5-10(3)15-12(8)7-13-9(2)6-11(4)16(13)14/h5-7,15H,1-4H3/q+1. The van der Waals surface area contributed by atoms with Crippen LogP contribution in [-0.4, -0.2) is 23.2 Å². The number of aromatic amines is 1. The number of nitrogens with zero attached hydrogens (tertiary/aromatic N) is 1. The van der Waals surface area contributed by atoms with E-state index in [1.165, 1.54) is 16.8 Å². The first kappa shape index (κ1) is 11.0. The van der Waals surface area contributed by atoms with Gasteiger partial charge in [0.2, 0.25) is 0 Å². The van der Waals surface area contributed by atoms with E-state index in [-0.39, 0.29) is 0 Å². The second-order valence-electron chi connectivity index (χ2n) is 4.42. The zero-order valence-corrected chi connectivity index (χ0v) is 10.3. The van der Waals surface area contributed by atoms with Crippen molar-refractivity contribution in [1.29, 1.82) is 0 Å².